The molecule has 0 atom stereocenters. The Kier molecular flexibility index (Phi) is 25.5. The van der Waals surface area contributed by atoms with Crippen molar-refractivity contribution in [1.29, 1.82) is 0 Å². The molecular formula is C146H140N2. The molecular weight excluding hydrogens is 1780 g/mol. The van der Waals surface area contributed by atoms with Crippen molar-refractivity contribution in [2.24, 2.45) is 0 Å². The Bertz CT molecular complexity index is 8420. The van der Waals surface area contributed by atoms with Crippen LogP contribution < -0.4 is 0 Å². The van der Waals surface area contributed by atoms with Crippen LogP contribution >= 0.6 is 0 Å². The standard InChI is InChI=1S/2C34H28.C32H32.C28H24N2.C18H28/c1-34(2,3)33-22-32-29-20-12-10-18-27(29)25-16-8-7-15-24(25)26-17-9-11-19-28(26)31(32)21-30(33)23-13-5-4-6-14-23;1-34(2,3)31-22-21-30-28-19-10-9-17-26(28)24-15-7-8-16-25(24)27-18-11-12-20-29(27)33(30)32(31)23-13-5-4-6-14-23;1-31(2,3)29-19-27-25-17-11-9-15-23(25)21-13-7-8-14-22(21)24-16-10-12-18-26(24)28(27)20-30(29)32(4,5)6;1-28(2,3)30-25-17-9-6-13-21(25)22-14-10-18-26(27(22)30)29-23-15-7-4-11-19(23)20-12-5-8-16-24(20)29;1-16(2,3)13-9-8-10-14-15(13)18(6,7)12-11-17(14,4)5/h2*4-22H,1-3H3;7-20H,1-6H3;4-18H,1-3H3;8-10H,11-12H2,1-7H3. The zero-order valence-electron chi connectivity index (χ0n) is 90.7. The van der Waals surface area contributed by atoms with Gasteiger partial charge in [-0.05, 0) is 315 Å². The topological polar surface area (TPSA) is 9.86 Å². The second kappa shape index (κ2) is 38.2. The SMILES string of the molecule is CC(C)(C)c1cc2c(cc1-c1ccccc1)-c1ccccc1-c1ccccc1-c1ccccc1-2.CC(C)(C)c1cc2c(cc1C(C)(C)C)-c1ccccc1-c1ccccc1-c1ccccc1-2.CC(C)(C)c1ccc2c(c1-c1ccccc1)-c1ccccc1-c1ccccc1-c1ccccc1-2.CC(C)(C)c1cccc2c1C(C)(C)CCC2(C)C.CC(C)(C)n1c2ccccc2c2cccc(-n3c4ccccc4c4ccccc43)c21. The van der Waals surface area contributed by atoms with Crippen molar-refractivity contribution in [3.8, 4) is 161 Å². The smallest absolute Gasteiger partial charge is 0.0741 e. The number of fused-ring (bicyclic) bond motifs is 31. The summed E-state index contributed by atoms with van der Waals surface area (Å²) in [5.41, 5.74) is 54.0. The number of hydrogen-bond donors (Lipinski definition) is 0. The summed E-state index contributed by atoms with van der Waals surface area (Å²) < 4.78 is 4.95. The highest BCUT2D eigenvalue weighted by molar-refractivity contribution is 6.16. The van der Waals surface area contributed by atoms with E-state index in [0.717, 1.165) is 0 Å². The van der Waals surface area contributed by atoms with Gasteiger partial charge in [-0.3, -0.25) is 0 Å². The normalized spacial score (nSPS) is 13.4. The first-order valence-electron chi connectivity index (χ1n) is 53.5. The van der Waals surface area contributed by atoms with Gasteiger partial charge in [-0.25, -0.2) is 0 Å². The Morgan fingerprint density at radius 3 is 0.845 bits per heavy atom. The van der Waals surface area contributed by atoms with Gasteiger partial charge in [0.05, 0.1) is 22.2 Å². The Labute approximate surface area is 880 Å². The first kappa shape index (κ1) is 98.8. The monoisotopic (exact) mass is 1920 g/mol. The van der Waals surface area contributed by atoms with E-state index in [-0.39, 0.29) is 32.6 Å². The van der Waals surface area contributed by atoms with Gasteiger partial charge in [0, 0.05) is 32.6 Å². The molecule has 21 aromatic rings. The molecule has 0 saturated heterocycles. The molecule has 0 fully saturated rings. The summed E-state index contributed by atoms with van der Waals surface area (Å²) in [6, 6.07) is 156. The molecule has 0 bridgehead atoms. The average Bonchev–Trinajstić information content (AvgIpc) is 1.54. The fraction of sp³-hybridized carbons (Fsp3) is 0.219. The highest BCUT2D eigenvalue weighted by atomic mass is 15.1. The molecule has 2 heterocycles. The summed E-state index contributed by atoms with van der Waals surface area (Å²) in [6.07, 6.45) is 2.58. The molecule has 0 unspecified atom stereocenters. The van der Waals surface area contributed by atoms with Crippen LogP contribution in [-0.2, 0) is 43.4 Å². The Hall–Kier alpha value is -15.2. The zero-order chi connectivity index (χ0) is 103. The van der Waals surface area contributed by atoms with Crippen molar-refractivity contribution in [3.05, 3.63) is 464 Å². The van der Waals surface area contributed by atoms with Gasteiger partial charge in [0.25, 0.3) is 0 Å². The molecule has 25 rings (SSSR count). The van der Waals surface area contributed by atoms with E-state index in [2.05, 4.69) is 586 Å². The minimum absolute atomic E-state index is 0.00887. The zero-order valence-corrected chi connectivity index (χ0v) is 90.7. The van der Waals surface area contributed by atoms with E-state index in [1.807, 2.05) is 0 Å². The van der Waals surface area contributed by atoms with Gasteiger partial charge in [0.1, 0.15) is 0 Å². The fourth-order valence-corrected chi connectivity index (χ4v) is 24.4. The highest BCUT2D eigenvalue weighted by Crippen LogP contribution is 2.58. The molecule has 0 amide bonds. The number of nitrogens with zero attached hydrogens (tertiary/aromatic N) is 2. The maximum atomic E-state index is 2.51. The molecule has 0 N–H and O–H groups in total. The van der Waals surface area contributed by atoms with Gasteiger partial charge < -0.3 is 9.13 Å². The van der Waals surface area contributed by atoms with E-state index in [1.54, 1.807) is 11.1 Å². The predicted octanol–water partition coefficient (Wildman–Crippen LogP) is 41.5. The minimum atomic E-state index is -0.0454. The second-order valence-corrected chi connectivity index (χ2v) is 48.8. The van der Waals surface area contributed by atoms with Crippen molar-refractivity contribution in [3.63, 3.8) is 0 Å². The Balaban J connectivity index is 0.000000110. The number of hydrogen-bond acceptors (Lipinski definition) is 0. The summed E-state index contributed by atoms with van der Waals surface area (Å²) in [5, 5.41) is 5.21. The Morgan fingerprint density at radius 1 is 0.189 bits per heavy atom. The summed E-state index contributed by atoms with van der Waals surface area (Å²) in [5.74, 6) is 0. The average molecular weight is 1920 g/mol. The van der Waals surface area contributed by atoms with Crippen LogP contribution in [-0.4, -0.2) is 9.13 Å². The van der Waals surface area contributed by atoms with Gasteiger partial charge >= 0.3 is 0 Å². The van der Waals surface area contributed by atoms with Gasteiger partial charge in [0.15, 0.2) is 0 Å². The van der Waals surface area contributed by atoms with Crippen molar-refractivity contribution < 1.29 is 0 Å². The molecule has 0 aliphatic heterocycles. The first-order valence-corrected chi connectivity index (χ1v) is 53.5. The van der Waals surface area contributed by atoms with E-state index < -0.39 is 0 Å². The molecule has 19 aromatic carbocycles. The van der Waals surface area contributed by atoms with Crippen LogP contribution in [0.4, 0.5) is 0 Å². The number of benzene rings is 19. The summed E-state index contributed by atoms with van der Waals surface area (Å²) in [7, 11) is 0. The Morgan fingerprint density at radius 2 is 0.473 bits per heavy atom. The van der Waals surface area contributed by atoms with E-state index in [4.69, 9.17) is 0 Å². The quantitative estimate of drug-likeness (QED) is 0.167. The lowest BCUT2D eigenvalue weighted by atomic mass is 9.60. The van der Waals surface area contributed by atoms with E-state index in [1.165, 1.54) is 246 Å². The van der Waals surface area contributed by atoms with E-state index >= 15 is 0 Å². The first-order chi connectivity index (χ1) is 70.8. The molecule has 0 spiro atoms. The molecule has 2 aromatic heterocycles. The number of aromatic nitrogens is 2. The lowest BCUT2D eigenvalue weighted by molar-refractivity contribution is 0.325. The molecule has 148 heavy (non-hydrogen) atoms. The van der Waals surface area contributed by atoms with Crippen LogP contribution in [0.2, 0.25) is 0 Å². The molecule has 2 heteroatoms. The number of rotatable bonds is 3. The third-order valence-corrected chi connectivity index (χ3v) is 31.5. The second-order valence-electron chi connectivity index (χ2n) is 48.8. The summed E-state index contributed by atoms with van der Waals surface area (Å²) in [4.78, 5) is 0. The fourth-order valence-electron chi connectivity index (χ4n) is 24.4. The lowest BCUT2D eigenvalue weighted by Crippen LogP contribution is -2.36. The van der Waals surface area contributed by atoms with Crippen molar-refractivity contribution in [2.45, 2.75) is 209 Å². The molecule has 0 radical (unpaired) electrons. The maximum Gasteiger partial charge on any atom is 0.0741 e. The van der Waals surface area contributed by atoms with Gasteiger partial charge in [-0.2, -0.15) is 0 Å². The van der Waals surface area contributed by atoms with Crippen LogP contribution in [0, 0.1) is 0 Å². The van der Waals surface area contributed by atoms with Gasteiger partial charge in [-0.15, -0.1) is 0 Å². The van der Waals surface area contributed by atoms with Crippen LogP contribution in [0.1, 0.15) is 204 Å². The van der Waals surface area contributed by atoms with Crippen LogP contribution in [0.3, 0.4) is 0 Å². The summed E-state index contributed by atoms with van der Waals surface area (Å²) >= 11 is 0. The van der Waals surface area contributed by atoms with Crippen LogP contribution in [0.15, 0.2) is 425 Å². The third kappa shape index (κ3) is 18.1. The van der Waals surface area contributed by atoms with Crippen molar-refractivity contribution in [2.75, 3.05) is 0 Å². The van der Waals surface area contributed by atoms with Crippen molar-refractivity contribution in [1.82, 2.24) is 9.13 Å². The highest BCUT2D eigenvalue weighted by Gasteiger charge is 2.41. The minimum Gasteiger partial charge on any atom is -0.333 e. The lowest BCUT2D eigenvalue weighted by Gasteiger charge is -2.44. The van der Waals surface area contributed by atoms with Crippen molar-refractivity contribution >= 4 is 43.6 Å². The van der Waals surface area contributed by atoms with E-state index in [9.17, 15) is 0 Å². The number of para-hydroxylation sites is 4. The van der Waals surface area contributed by atoms with Gasteiger partial charge in [0.2, 0.25) is 0 Å². The molecule has 734 valence electrons. The molecule has 2 nitrogen and oxygen atoms in total. The predicted molar refractivity (Wildman–Crippen MR) is 640 cm³/mol. The summed E-state index contributed by atoms with van der Waals surface area (Å²) in [6.45, 7) is 51.4. The van der Waals surface area contributed by atoms with Gasteiger partial charge in [-0.1, -0.05) is 508 Å². The third-order valence-electron chi connectivity index (χ3n) is 31.5. The maximum absolute atomic E-state index is 2.51. The largest absolute Gasteiger partial charge is 0.333 e. The van der Waals surface area contributed by atoms with E-state index in [0.29, 0.717) is 10.8 Å². The molecule has 4 aliphatic carbocycles. The molecule has 0 saturated carbocycles. The molecule has 4 aliphatic rings. The van der Waals surface area contributed by atoms with Crippen LogP contribution in [0.5, 0.6) is 0 Å². The van der Waals surface area contributed by atoms with Crippen LogP contribution in [0.25, 0.3) is 205 Å².